The summed E-state index contributed by atoms with van der Waals surface area (Å²) in [5.41, 5.74) is 0. The first-order chi connectivity index (χ1) is 35.4. The Balaban J connectivity index is 5.35. The number of hydrogen-bond donors (Lipinski definition) is 2. The molecule has 3 atom stereocenters. The maximum absolute atomic E-state index is 13.5. The number of hydrogen-bond acceptors (Lipinski definition) is 6. The summed E-state index contributed by atoms with van der Waals surface area (Å²) in [6.45, 7) is 6.95. The number of rotatable bonds is 54. The molecule has 0 spiro atoms. The number of phosphoric acid groups is 1. The Labute approximate surface area is 451 Å². The van der Waals surface area contributed by atoms with E-state index in [1.165, 1.54) is 122 Å². The van der Waals surface area contributed by atoms with Gasteiger partial charge in [-0.1, -0.05) is 222 Å². The van der Waals surface area contributed by atoms with Gasteiger partial charge in [-0.3, -0.25) is 18.6 Å². The van der Waals surface area contributed by atoms with Crippen LogP contribution in [0.4, 0.5) is 0 Å². The van der Waals surface area contributed by atoms with Crippen molar-refractivity contribution in [2.24, 2.45) is 0 Å². The van der Waals surface area contributed by atoms with Crippen molar-refractivity contribution in [2.75, 3.05) is 40.9 Å². The number of quaternary nitrogens is 1. The zero-order valence-electron chi connectivity index (χ0n) is 48.4. The Morgan fingerprint density at radius 1 is 0.479 bits per heavy atom. The number of esters is 1. The standard InChI is InChI=1S/C63H115N2O7P/c1-7-10-13-16-19-22-25-28-29-30-31-32-33-34-35-38-41-44-47-50-53-56-63(67)72-61(54-51-48-45-42-39-36-26-23-20-17-14-11-8-2)60(59-71-73(68,69)70-58-57-65(4,5)6)64-62(66)55-52-49-46-43-40-37-27-24-21-18-15-12-9-3/h19,22,28-29,31-32,34-35,37,40,51,54,60-61H,7-18,20-21,23-27,30,33,36,38-39,41-50,52-53,55-59H2,1-6H3,(H-,64,66,68,69)/p+1/b22-19-,29-28-,32-31-,35-34-,40-37-,54-51-. The Morgan fingerprint density at radius 2 is 0.836 bits per heavy atom. The third kappa shape index (κ3) is 54.1. The molecule has 73 heavy (non-hydrogen) atoms. The molecule has 0 radical (unpaired) electrons. The molecule has 424 valence electrons. The van der Waals surface area contributed by atoms with Crippen LogP contribution in [0, 0.1) is 0 Å². The molecular formula is C63H116N2O7P+. The third-order valence-corrected chi connectivity index (χ3v) is 14.1. The molecule has 0 rings (SSSR count). The molecule has 1 amide bonds. The molecule has 2 N–H and O–H groups in total. The highest BCUT2D eigenvalue weighted by molar-refractivity contribution is 7.47. The molecule has 0 aromatic rings. The van der Waals surface area contributed by atoms with Gasteiger partial charge in [0.1, 0.15) is 19.3 Å². The minimum atomic E-state index is -4.46. The van der Waals surface area contributed by atoms with Crippen LogP contribution in [0.3, 0.4) is 0 Å². The van der Waals surface area contributed by atoms with E-state index in [2.05, 4.69) is 86.8 Å². The lowest BCUT2D eigenvalue weighted by atomic mass is 10.0. The largest absolute Gasteiger partial charge is 0.472 e. The highest BCUT2D eigenvalue weighted by atomic mass is 31.2. The number of unbranched alkanes of at least 4 members (excludes halogenated alkanes) is 28. The minimum Gasteiger partial charge on any atom is -0.456 e. The van der Waals surface area contributed by atoms with Gasteiger partial charge in [0.25, 0.3) is 0 Å². The lowest BCUT2D eigenvalue weighted by Gasteiger charge is -2.27. The van der Waals surface area contributed by atoms with Gasteiger partial charge in [0.15, 0.2) is 0 Å². The second-order valence-electron chi connectivity index (χ2n) is 21.5. The van der Waals surface area contributed by atoms with E-state index < -0.39 is 20.0 Å². The molecule has 3 unspecified atom stereocenters. The average Bonchev–Trinajstić information content (AvgIpc) is 3.35. The number of phosphoric ester groups is 1. The van der Waals surface area contributed by atoms with Crippen molar-refractivity contribution in [3.05, 3.63) is 72.9 Å². The van der Waals surface area contributed by atoms with Crippen molar-refractivity contribution in [1.82, 2.24) is 5.32 Å². The topological polar surface area (TPSA) is 111 Å². The van der Waals surface area contributed by atoms with Crippen molar-refractivity contribution < 1.29 is 37.3 Å². The third-order valence-electron chi connectivity index (χ3n) is 13.1. The van der Waals surface area contributed by atoms with Gasteiger partial charge in [0.2, 0.25) is 5.91 Å². The van der Waals surface area contributed by atoms with Gasteiger partial charge in [-0.25, -0.2) is 4.57 Å². The summed E-state index contributed by atoms with van der Waals surface area (Å²) in [4.78, 5) is 37.6. The predicted octanol–water partition coefficient (Wildman–Crippen LogP) is 18.4. The van der Waals surface area contributed by atoms with Gasteiger partial charge in [0.05, 0.1) is 33.8 Å². The van der Waals surface area contributed by atoms with Crippen LogP contribution in [0.5, 0.6) is 0 Å². The Kier molecular flexibility index (Phi) is 51.0. The lowest BCUT2D eigenvalue weighted by Crippen LogP contribution is -2.47. The number of amides is 1. The molecule has 0 saturated heterocycles. The summed E-state index contributed by atoms with van der Waals surface area (Å²) in [6, 6.07) is -0.866. The Hall–Kier alpha value is -2.55. The first-order valence-electron chi connectivity index (χ1n) is 30.3. The number of likely N-dealkylation sites (N-methyl/N-ethyl adjacent to an activating group) is 1. The molecule has 0 fully saturated rings. The van der Waals surface area contributed by atoms with Crippen LogP contribution >= 0.6 is 7.82 Å². The minimum absolute atomic E-state index is 0.0321. The van der Waals surface area contributed by atoms with Gasteiger partial charge in [0, 0.05) is 12.8 Å². The van der Waals surface area contributed by atoms with Crippen LogP contribution in [0.15, 0.2) is 72.9 Å². The van der Waals surface area contributed by atoms with Crippen molar-refractivity contribution >= 4 is 19.7 Å². The van der Waals surface area contributed by atoms with E-state index in [4.69, 9.17) is 13.8 Å². The van der Waals surface area contributed by atoms with E-state index in [1.54, 1.807) is 0 Å². The number of carbonyl (C=O) groups is 2. The number of nitrogens with zero attached hydrogens (tertiary/aromatic N) is 1. The maximum atomic E-state index is 13.5. The molecule has 9 nitrogen and oxygen atoms in total. The van der Waals surface area contributed by atoms with Crippen LogP contribution in [-0.4, -0.2) is 74.3 Å². The van der Waals surface area contributed by atoms with Crippen molar-refractivity contribution in [3.63, 3.8) is 0 Å². The van der Waals surface area contributed by atoms with Gasteiger partial charge in [-0.2, -0.15) is 0 Å². The monoisotopic (exact) mass is 1040 g/mol. The Bertz CT molecular complexity index is 1480. The summed E-state index contributed by atoms with van der Waals surface area (Å²) < 4.78 is 30.6. The zero-order valence-corrected chi connectivity index (χ0v) is 49.3. The summed E-state index contributed by atoms with van der Waals surface area (Å²) in [5.74, 6) is -0.544. The predicted molar refractivity (Wildman–Crippen MR) is 314 cm³/mol. The number of nitrogens with one attached hydrogen (secondary N) is 1. The number of carbonyl (C=O) groups excluding carboxylic acids is 2. The lowest BCUT2D eigenvalue weighted by molar-refractivity contribution is -0.870. The van der Waals surface area contributed by atoms with Crippen LogP contribution in [-0.2, 0) is 27.9 Å². The van der Waals surface area contributed by atoms with Gasteiger partial charge in [-0.15, -0.1) is 0 Å². The molecule has 10 heteroatoms. The summed E-state index contributed by atoms with van der Waals surface area (Å²) in [6.07, 6.45) is 67.5. The first-order valence-corrected chi connectivity index (χ1v) is 31.8. The molecule has 0 heterocycles. The SMILES string of the molecule is CCCCC/C=C\C/C=C\C/C=C\C/C=C\CCCCCCCC(=O)OC(/C=C\CCCCCCCCCCCCC)C(COP(=O)(O)OCC[N+](C)(C)C)NC(=O)CCCCC/C=C\CCCCCCCC. The Morgan fingerprint density at radius 3 is 1.30 bits per heavy atom. The molecule has 0 aromatic carbocycles. The van der Waals surface area contributed by atoms with E-state index in [-0.39, 0.29) is 31.5 Å². The van der Waals surface area contributed by atoms with E-state index in [9.17, 15) is 19.0 Å². The summed E-state index contributed by atoms with van der Waals surface area (Å²) in [7, 11) is 1.47. The second-order valence-corrected chi connectivity index (χ2v) is 23.0. The normalized spacial score (nSPS) is 14.2. The molecule has 0 aliphatic heterocycles. The van der Waals surface area contributed by atoms with Gasteiger partial charge >= 0.3 is 13.8 Å². The molecule has 0 aliphatic rings. The fourth-order valence-electron chi connectivity index (χ4n) is 8.39. The second kappa shape index (κ2) is 52.9. The van der Waals surface area contributed by atoms with Gasteiger partial charge < -0.3 is 19.4 Å². The van der Waals surface area contributed by atoms with Gasteiger partial charge in [-0.05, 0) is 102 Å². The molecule has 0 aliphatic carbocycles. The maximum Gasteiger partial charge on any atom is 0.472 e. The van der Waals surface area contributed by atoms with Crippen LogP contribution in [0.2, 0.25) is 0 Å². The fraction of sp³-hybridized carbons (Fsp3) is 0.778. The van der Waals surface area contributed by atoms with Crippen molar-refractivity contribution in [1.29, 1.82) is 0 Å². The van der Waals surface area contributed by atoms with Crippen molar-refractivity contribution in [2.45, 2.75) is 277 Å². The smallest absolute Gasteiger partial charge is 0.456 e. The van der Waals surface area contributed by atoms with E-state index >= 15 is 0 Å². The number of allylic oxidation sites excluding steroid dienone is 11. The highest BCUT2D eigenvalue weighted by Gasteiger charge is 2.30. The number of ether oxygens (including phenoxy) is 1. The van der Waals surface area contributed by atoms with E-state index in [1.807, 2.05) is 33.3 Å². The van der Waals surface area contributed by atoms with E-state index in [0.717, 1.165) is 103 Å². The molecule has 0 bridgehead atoms. The van der Waals surface area contributed by atoms with E-state index in [0.29, 0.717) is 23.9 Å². The average molecular weight is 1040 g/mol. The molecular weight excluding hydrogens is 928 g/mol. The summed E-state index contributed by atoms with van der Waals surface area (Å²) in [5, 5.41) is 3.04. The quantitative estimate of drug-likeness (QED) is 0.0205. The van der Waals surface area contributed by atoms with Crippen molar-refractivity contribution in [3.8, 4) is 0 Å². The molecule has 0 saturated carbocycles. The van der Waals surface area contributed by atoms with Crippen LogP contribution in [0.25, 0.3) is 0 Å². The zero-order chi connectivity index (χ0) is 53.6. The fourth-order valence-corrected chi connectivity index (χ4v) is 9.12. The highest BCUT2D eigenvalue weighted by Crippen LogP contribution is 2.43. The van der Waals surface area contributed by atoms with Crippen LogP contribution in [0.1, 0.15) is 265 Å². The summed E-state index contributed by atoms with van der Waals surface area (Å²) >= 11 is 0. The molecule has 0 aromatic heterocycles. The first kappa shape index (κ1) is 70.5. The van der Waals surface area contributed by atoms with Crippen LogP contribution < -0.4 is 5.32 Å².